The molecule has 0 aliphatic heterocycles. The van der Waals surface area contributed by atoms with Gasteiger partial charge in [0.05, 0.1) is 12.7 Å². The Morgan fingerprint density at radius 3 is 2.55 bits per heavy atom. The van der Waals surface area contributed by atoms with Crippen LogP contribution in [0.4, 0.5) is 0 Å². The number of rotatable bonds is 6. The third-order valence-electron chi connectivity index (χ3n) is 3.02. The first kappa shape index (κ1) is 16.0. The van der Waals surface area contributed by atoms with E-state index in [-0.39, 0.29) is 12.3 Å². The molecule has 2 N–H and O–H groups in total. The number of aryl methyl sites for hydroxylation is 1. The fourth-order valence-corrected chi connectivity index (χ4v) is 1.86. The van der Waals surface area contributed by atoms with Crippen LogP contribution < -0.4 is 10.1 Å². The number of amides is 1. The lowest BCUT2D eigenvalue weighted by Crippen LogP contribution is -2.43. The summed E-state index contributed by atoms with van der Waals surface area (Å²) in [4.78, 5) is 22.9. The molecule has 0 saturated heterocycles. The Hall–Kier alpha value is -2.04. The first-order chi connectivity index (χ1) is 9.25. The van der Waals surface area contributed by atoms with Crippen molar-refractivity contribution >= 4 is 11.9 Å². The minimum Gasteiger partial charge on any atom is -0.496 e. The van der Waals surface area contributed by atoms with Gasteiger partial charge in [0.25, 0.3) is 5.91 Å². The number of hydrogen-bond acceptors (Lipinski definition) is 3. The smallest absolute Gasteiger partial charge is 0.303 e. The summed E-state index contributed by atoms with van der Waals surface area (Å²) in [5.41, 5.74) is 0.819. The second-order valence-electron chi connectivity index (χ2n) is 5.44. The van der Waals surface area contributed by atoms with Gasteiger partial charge in [-0.3, -0.25) is 9.59 Å². The van der Waals surface area contributed by atoms with Gasteiger partial charge in [-0.05, 0) is 39.3 Å². The number of methoxy groups -OCH3 is 1. The zero-order valence-electron chi connectivity index (χ0n) is 12.3. The Morgan fingerprint density at radius 1 is 1.35 bits per heavy atom. The van der Waals surface area contributed by atoms with Gasteiger partial charge in [-0.25, -0.2) is 0 Å². The van der Waals surface area contributed by atoms with Gasteiger partial charge in [-0.2, -0.15) is 0 Å². The maximum atomic E-state index is 12.3. The molecule has 0 saturated carbocycles. The average Bonchev–Trinajstić information content (AvgIpc) is 2.36. The van der Waals surface area contributed by atoms with Gasteiger partial charge in [0.2, 0.25) is 0 Å². The second kappa shape index (κ2) is 6.41. The van der Waals surface area contributed by atoms with E-state index >= 15 is 0 Å². The Balaban J connectivity index is 2.85. The summed E-state index contributed by atoms with van der Waals surface area (Å²) in [5, 5.41) is 11.6. The highest BCUT2D eigenvalue weighted by atomic mass is 16.5. The highest BCUT2D eigenvalue weighted by molar-refractivity contribution is 5.97. The number of carboxylic acids is 1. The minimum atomic E-state index is -0.875. The predicted molar refractivity (Wildman–Crippen MR) is 76.1 cm³/mol. The van der Waals surface area contributed by atoms with Gasteiger partial charge in [-0.1, -0.05) is 11.6 Å². The highest BCUT2D eigenvalue weighted by Crippen LogP contribution is 2.21. The number of carbonyl (C=O) groups excluding carboxylic acids is 1. The summed E-state index contributed by atoms with van der Waals surface area (Å²) < 4.78 is 5.18. The van der Waals surface area contributed by atoms with E-state index in [9.17, 15) is 9.59 Å². The van der Waals surface area contributed by atoms with Crippen molar-refractivity contribution < 1.29 is 19.4 Å². The van der Waals surface area contributed by atoms with Crippen molar-refractivity contribution in [1.82, 2.24) is 5.32 Å². The molecule has 110 valence electrons. The molecule has 5 heteroatoms. The predicted octanol–water partition coefficient (Wildman–Crippen LogP) is 2.38. The molecule has 1 aromatic carbocycles. The molecule has 0 aliphatic rings. The van der Waals surface area contributed by atoms with E-state index in [1.54, 1.807) is 26.0 Å². The number of ether oxygens (including phenoxy) is 1. The molecule has 0 unspecified atom stereocenters. The molecule has 0 radical (unpaired) electrons. The maximum Gasteiger partial charge on any atom is 0.303 e. The number of nitrogens with one attached hydrogen (secondary N) is 1. The van der Waals surface area contributed by atoms with Gasteiger partial charge in [0.15, 0.2) is 0 Å². The molecule has 0 fully saturated rings. The number of carbonyl (C=O) groups is 2. The van der Waals surface area contributed by atoms with E-state index in [1.165, 1.54) is 7.11 Å². The van der Waals surface area contributed by atoms with Gasteiger partial charge >= 0.3 is 5.97 Å². The number of aliphatic carboxylic acids is 1. The quantitative estimate of drug-likeness (QED) is 0.838. The van der Waals surface area contributed by atoms with Crippen LogP contribution in [0.5, 0.6) is 5.75 Å². The lowest BCUT2D eigenvalue weighted by atomic mass is 9.97. The summed E-state index contributed by atoms with van der Waals surface area (Å²) >= 11 is 0. The van der Waals surface area contributed by atoms with Crippen LogP contribution in [0, 0.1) is 6.92 Å². The lowest BCUT2D eigenvalue weighted by Gasteiger charge is -2.26. The normalized spacial score (nSPS) is 11.0. The zero-order chi connectivity index (χ0) is 15.3. The summed E-state index contributed by atoms with van der Waals surface area (Å²) in [6.07, 6.45) is 0.375. The van der Waals surface area contributed by atoms with Crippen LogP contribution >= 0.6 is 0 Å². The van der Waals surface area contributed by atoms with Gasteiger partial charge in [-0.15, -0.1) is 0 Å². The molecule has 1 rings (SSSR count). The fourth-order valence-electron chi connectivity index (χ4n) is 1.86. The van der Waals surface area contributed by atoms with Crippen molar-refractivity contribution in [3.63, 3.8) is 0 Å². The third kappa shape index (κ3) is 4.57. The molecule has 0 atom stereocenters. The Kier molecular flexibility index (Phi) is 5.13. The second-order valence-corrected chi connectivity index (χ2v) is 5.44. The topological polar surface area (TPSA) is 75.6 Å². The molecule has 0 aliphatic carbocycles. The van der Waals surface area contributed by atoms with Crippen molar-refractivity contribution in [3.8, 4) is 5.75 Å². The molecule has 0 heterocycles. The van der Waals surface area contributed by atoms with Crippen LogP contribution in [-0.2, 0) is 4.79 Å². The molecular formula is C15H21NO4. The SMILES string of the molecule is COc1ccc(C)cc1C(=O)NC(C)(C)CCC(=O)O. The maximum absolute atomic E-state index is 12.3. The molecule has 0 bridgehead atoms. The van der Waals surface area contributed by atoms with E-state index in [4.69, 9.17) is 9.84 Å². The van der Waals surface area contributed by atoms with Crippen LogP contribution in [0.1, 0.15) is 42.6 Å². The van der Waals surface area contributed by atoms with E-state index < -0.39 is 11.5 Å². The lowest BCUT2D eigenvalue weighted by molar-refractivity contribution is -0.137. The summed E-state index contributed by atoms with van der Waals surface area (Å²) in [6, 6.07) is 5.36. The van der Waals surface area contributed by atoms with Crippen LogP contribution in [0.25, 0.3) is 0 Å². The number of carboxylic acid groups (broad SMARTS) is 1. The molecule has 1 amide bonds. The summed E-state index contributed by atoms with van der Waals surface area (Å²) in [6.45, 7) is 5.50. The summed E-state index contributed by atoms with van der Waals surface area (Å²) in [5.74, 6) is -0.636. The monoisotopic (exact) mass is 279 g/mol. The molecule has 20 heavy (non-hydrogen) atoms. The average molecular weight is 279 g/mol. The van der Waals surface area contributed by atoms with Crippen molar-refractivity contribution in [3.05, 3.63) is 29.3 Å². The zero-order valence-corrected chi connectivity index (χ0v) is 12.3. The first-order valence-corrected chi connectivity index (χ1v) is 6.44. The van der Waals surface area contributed by atoms with E-state index in [0.717, 1.165) is 5.56 Å². The molecule has 5 nitrogen and oxygen atoms in total. The standard InChI is InChI=1S/C15H21NO4/c1-10-5-6-12(20-4)11(9-10)14(19)16-15(2,3)8-7-13(17)18/h5-6,9H,7-8H2,1-4H3,(H,16,19)(H,17,18). The van der Waals surface area contributed by atoms with Crippen LogP contribution in [0.15, 0.2) is 18.2 Å². The summed E-state index contributed by atoms with van der Waals surface area (Å²) in [7, 11) is 1.51. The fraction of sp³-hybridized carbons (Fsp3) is 0.467. The van der Waals surface area contributed by atoms with Crippen LogP contribution in [0.3, 0.4) is 0 Å². The van der Waals surface area contributed by atoms with Crippen molar-refractivity contribution in [1.29, 1.82) is 0 Å². The van der Waals surface area contributed by atoms with Gasteiger partial charge in [0.1, 0.15) is 5.75 Å². The van der Waals surface area contributed by atoms with Crippen LogP contribution in [0.2, 0.25) is 0 Å². The highest BCUT2D eigenvalue weighted by Gasteiger charge is 2.23. The van der Waals surface area contributed by atoms with Crippen molar-refractivity contribution in [2.75, 3.05) is 7.11 Å². The number of benzene rings is 1. The van der Waals surface area contributed by atoms with E-state index in [0.29, 0.717) is 17.7 Å². The van der Waals surface area contributed by atoms with Gasteiger partial charge < -0.3 is 15.2 Å². The Labute approximate surface area is 118 Å². The largest absolute Gasteiger partial charge is 0.496 e. The van der Waals surface area contributed by atoms with Crippen molar-refractivity contribution in [2.45, 2.75) is 39.2 Å². The first-order valence-electron chi connectivity index (χ1n) is 6.44. The molecular weight excluding hydrogens is 258 g/mol. The number of hydrogen-bond donors (Lipinski definition) is 2. The Morgan fingerprint density at radius 2 is 2.00 bits per heavy atom. The molecule has 0 spiro atoms. The minimum absolute atomic E-state index is 0.0121. The molecule has 0 aromatic heterocycles. The van der Waals surface area contributed by atoms with Crippen molar-refractivity contribution in [2.24, 2.45) is 0 Å². The third-order valence-corrected chi connectivity index (χ3v) is 3.02. The van der Waals surface area contributed by atoms with E-state index in [2.05, 4.69) is 5.32 Å². The van der Waals surface area contributed by atoms with E-state index in [1.807, 2.05) is 13.0 Å². The van der Waals surface area contributed by atoms with Crippen LogP contribution in [-0.4, -0.2) is 29.6 Å². The molecule has 1 aromatic rings. The van der Waals surface area contributed by atoms with Gasteiger partial charge in [0, 0.05) is 12.0 Å². The Bertz CT molecular complexity index is 509.